The summed E-state index contributed by atoms with van der Waals surface area (Å²) < 4.78 is 5.50. The SMILES string of the molecule is C#CCCCNc1ccc(OCCC)cc1. The van der Waals surface area contributed by atoms with E-state index in [0.717, 1.165) is 43.9 Å². The van der Waals surface area contributed by atoms with Gasteiger partial charge in [0.2, 0.25) is 0 Å². The smallest absolute Gasteiger partial charge is 0.119 e. The molecule has 1 N–H and O–H groups in total. The number of ether oxygens (including phenoxy) is 1. The van der Waals surface area contributed by atoms with E-state index in [-0.39, 0.29) is 0 Å². The number of rotatable bonds is 7. The molecule has 0 fully saturated rings. The lowest BCUT2D eigenvalue weighted by atomic mass is 10.2. The highest BCUT2D eigenvalue weighted by molar-refractivity contribution is 5.46. The zero-order valence-corrected chi connectivity index (χ0v) is 9.83. The van der Waals surface area contributed by atoms with Gasteiger partial charge in [0.25, 0.3) is 0 Å². The van der Waals surface area contributed by atoms with Crippen LogP contribution in [0.3, 0.4) is 0 Å². The molecule has 0 atom stereocenters. The molecule has 0 saturated carbocycles. The number of hydrogen-bond donors (Lipinski definition) is 1. The van der Waals surface area contributed by atoms with Gasteiger partial charge in [-0.15, -0.1) is 12.3 Å². The van der Waals surface area contributed by atoms with Crippen LogP contribution in [0.15, 0.2) is 24.3 Å². The molecule has 1 rings (SSSR count). The standard InChI is InChI=1S/C14H19NO/c1-3-5-6-11-15-13-7-9-14(10-8-13)16-12-4-2/h1,7-10,15H,4-6,11-12H2,2H3. The van der Waals surface area contributed by atoms with Crippen molar-refractivity contribution in [2.45, 2.75) is 26.2 Å². The first-order chi connectivity index (χ1) is 7.86. The zero-order valence-electron chi connectivity index (χ0n) is 9.83. The highest BCUT2D eigenvalue weighted by Crippen LogP contribution is 2.15. The van der Waals surface area contributed by atoms with E-state index in [1.807, 2.05) is 24.3 Å². The average molecular weight is 217 g/mol. The van der Waals surface area contributed by atoms with Crippen LogP contribution >= 0.6 is 0 Å². The fourth-order valence-electron chi connectivity index (χ4n) is 1.31. The van der Waals surface area contributed by atoms with Gasteiger partial charge in [0.05, 0.1) is 6.61 Å². The van der Waals surface area contributed by atoms with Crippen molar-refractivity contribution in [3.8, 4) is 18.1 Å². The molecule has 0 saturated heterocycles. The summed E-state index contributed by atoms with van der Waals surface area (Å²) in [6.45, 7) is 3.79. The van der Waals surface area contributed by atoms with Crippen molar-refractivity contribution in [2.24, 2.45) is 0 Å². The summed E-state index contributed by atoms with van der Waals surface area (Å²) >= 11 is 0. The third kappa shape index (κ3) is 4.75. The van der Waals surface area contributed by atoms with Gasteiger partial charge in [0, 0.05) is 18.7 Å². The van der Waals surface area contributed by atoms with Crippen LogP contribution in [0.1, 0.15) is 26.2 Å². The fraction of sp³-hybridized carbons (Fsp3) is 0.429. The fourth-order valence-corrected chi connectivity index (χ4v) is 1.31. The van der Waals surface area contributed by atoms with Gasteiger partial charge in [-0.05, 0) is 37.1 Å². The van der Waals surface area contributed by atoms with Crippen molar-refractivity contribution in [3.63, 3.8) is 0 Å². The molecular weight excluding hydrogens is 198 g/mol. The Kier molecular flexibility index (Phi) is 5.95. The van der Waals surface area contributed by atoms with E-state index in [9.17, 15) is 0 Å². The highest BCUT2D eigenvalue weighted by Gasteiger charge is 1.94. The van der Waals surface area contributed by atoms with Crippen molar-refractivity contribution in [2.75, 3.05) is 18.5 Å². The molecule has 2 nitrogen and oxygen atoms in total. The van der Waals surface area contributed by atoms with E-state index in [4.69, 9.17) is 11.2 Å². The van der Waals surface area contributed by atoms with E-state index in [1.54, 1.807) is 0 Å². The third-order valence-corrected chi connectivity index (χ3v) is 2.15. The van der Waals surface area contributed by atoms with Crippen LogP contribution in [0.2, 0.25) is 0 Å². The first kappa shape index (κ1) is 12.4. The molecule has 2 heteroatoms. The quantitative estimate of drug-likeness (QED) is 0.559. The van der Waals surface area contributed by atoms with Crippen molar-refractivity contribution < 1.29 is 4.74 Å². The van der Waals surface area contributed by atoms with Crippen molar-refractivity contribution in [1.82, 2.24) is 0 Å². The van der Waals surface area contributed by atoms with Crippen LogP contribution in [0.5, 0.6) is 5.75 Å². The van der Waals surface area contributed by atoms with Crippen LogP contribution < -0.4 is 10.1 Å². The molecule has 0 aromatic heterocycles. The number of hydrogen-bond acceptors (Lipinski definition) is 2. The van der Waals surface area contributed by atoms with E-state index >= 15 is 0 Å². The Bertz CT molecular complexity index is 324. The summed E-state index contributed by atoms with van der Waals surface area (Å²) in [6, 6.07) is 8.03. The number of benzene rings is 1. The van der Waals surface area contributed by atoms with Crippen LogP contribution in [0, 0.1) is 12.3 Å². The molecule has 0 amide bonds. The summed E-state index contributed by atoms with van der Waals surface area (Å²) in [6.07, 6.45) is 8.04. The minimum atomic E-state index is 0.773. The predicted octanol–water partition coefficient (Wildman–Crippen LogP) is 3.30. The second-order valence-corrected chi connectivity index (χ2v) is 3.61. The normalized spacial score (nSPS) is 9.50. The maximum Gasteiger partial charge on any atom is 0.119 e. The molecule has 0 aliphatic rings. The van der Waals surface area contributed by atoms with Crippen LogP contribution in [0.4, 0.5) is 5.69 Å². The van der Waals surface area contributed by atoms with Crippen molar-refractivity contribution >= 4 is 5.69 Å². The first-order valence-electron chi connectivity index (χ1n) is 5.77. The predicted molar refractivity (Wildman–Crippen MR) is 68.8 cm³/mol. The molecule has 16 heavy (non-hydrogen) atoms. The minimum Gasteiger partial charge on any atom is -0.494 e. The third-order valence-electron chi connectivity index (χ3n) is 2.15. The summed E-state index contributed by atoms with van der Waals surface area (Å²) in [4.78, 5) is 0. The molecule has 86 valence electrons. The van der Waals surface area contributed by atoms with Gasteiger partial charge in [-0.1, -0.05) is 6.92 Å². The van der Waals surface area contributed by atoms with Gasteiger partial charge >= 0.3 is 0 Å². The monoisotopic (exact) mass is 217 g/mol. The lowest BCUT2D eigenvalue weighted by Crippen LogP contribution is -2.01. The van der Waals surface area contributed by atoms with Crippen LogP contribution in [-0.4, -0.2) is 13.2 Å². The second kappa shape index (κ2) is 7.64. The zero-order chi connectivity index (χ0) is 11.6. The Morgan fingerprint density at radius 2 is 2.06 bits per heavy atom. The van der Waals surface area contributed by atoms with Gasteiger partial charge in [-0.3, -0.25) is 0 Å². The summed E-state index contributed by atoms with van der Waals surface area (Å²) in [5, 5.41) is 3.31. The van der Waals surface area contributed by atoms with E-state index in [1.165, 1.54) is 0 Å². The summed E-state index contributed by atoms with van der Waals surface area (Å²) in [5.41, 5.74) is 1.11. The number of unbranched alkanes of at least 4 members (excludes halogenated alkanes) is 1. The molecule has 0 radical (unpaired) electrons. The van der Waals surface area contributed by atoms with E-state index < -0.39 is 0 Å². The maximum atomic E-state index is 5.50. The summed E-state index contributed by atoms with van der Waals surface area (Å²) in [7, 11) is 0. The number of anilines is 1. The lowest BCUT2D eigenvalue weighted by Gasteiger charge is -2.07. The Morgan fingerprint density at radius 1 is 1.31 bits per heavy atom. The lowest BCUT2D eigenvalue weighted by molar-refractivity contribution is 0.317. The minimum absolute atomic E-state index is 0.773. The molecule has 0 bridgehead atoms. The molecule has 1 aromatic rings. The Morgan fingerprint density at radius 3 is 2.69 bits per heavy atom. The van der Waals surface area contributed by atoms with Crippen LogP contribution in [0.25, 0.3) is 0 Å². The first-order valence-corrected chi connectivity index (χ1v) is 5.77. The van der Waals surface area contributed by atoms with Gasteiger partial charge in [0.1, 0.15) is 5.75 Å². The van der Waals surface area contributed by atoms with Gasteiger partial charge < -0.3 is 10.1 Å². The van der Waals surface area contributed by atoms with Gasteiger partial charge in [0.15, 0.2) is 0 Å². The largest absolute Gasteiger partial charge is 0.494 e. The number of terminal acetylenes is 1. The number of nitrogens with one attached hydrogen (secondary N) is 1. The van der Waals surface area contributed by atoms with E-state index in [2.05, 4.69) is 18.2 Å². The van der Waals surface area contributed by atoms with Crippen LogP contribution in [-0.2, 0) is 0 Å². The molecule has 0 aliphatic carbocycles. The molecular formula is C14H19NO. The Hall–Kier alpha value is -1.62. The molecule has 0 heterocycles. The molecule has 0 spiro atoms. The van der Waals surface area contributed by atoms with E-state index in [0.29, 0.717) is 0 Å². The topological polar surface area (TPSA) is 21.3 Å². The van der Waals surface area contributed by atoms with Crippen molar-refractivity contribution in [3.05, 3.63) is 24.3 Å². The Labute approximate surface area is 98.0 Å². The maximum absolute atomic E-state index is 5.50. The Balaban J connectivity index is 2.31. The molecule has 0 unspecified atom stereocenters. The van der Waals surface area contributed by atoms with Gasteiger partial charge in [-0.25, -0.2) is 0 Å². The summed E-state index contributed by atoms with van der Waals surface area (Å²) in [5.74, 6) is 3.55. The van der Waals surface area contributed by atoms with Gasteiger partial charge in [-0.2, -0.15) is 0 Å². The molecule has 1 aromatic carbocycles. The second-order valence-electron chi connectivity index (χ2n) is 3.61. The molecule has 0 aliphatic heterocycles. The van der Waals surface area contributed by atoms with Crippen molar-refractivity contribution in [1.29, 1.82) is 0 Å². The highest BCUT2D eigenvalue weighted by atomic mass is 16.5. The average Bonchev–Trinajstić information content (AvgIpc) is 2.33.